The molecule has 1 heterocycles. The molecule has 1 saturated heterocycles. The first-order valence-electron chi connectivity index (χ1n) is 10.7. The first-order chi connectivity index (χ1) is 15.0. The molecule has 1 aromatic carbocycles. The Hall–Kier alpha value is -1.10. The molecule has 8 heteroatoms. The van der Waals surface area contributed by atoms with Gasteiger partial charge in [-0.15, -0.1) is 0 Å². The smallest absolute Gasteiger partial charge is 0.187 e. The summed E-state index contributed by atoms with van der Waals surface area (Å²) in [5.41, 5.74) is 1.04. The zero-order chi connectivity index (χ0) is 22.6. The maximum atomic E-state index is 6.26. The fourth-order valence-electron chi connectivity index (χ4n) is 3.47. The molecule has 1 aliphatic rings. The summed E-state index contributed by atoms with van der Waals surface area (Å²) in [7, 11) is 6.39. The third-order valence-corrected chi connectivity index (χ3v) is 5.08. The van der Waals surface area contributed by atoms with Gasteiger partial charge >= 0.3 is 0 Å². The molecule has 0 aromatic heterocycles. The maximum absolute atomic E-state index is 6.26. The normalized spacial score (nSPS) is 26.6. The summed E-state index contributed by atoms with van der Waals surface area (Å²) in [6.45, 7) is 5.75. The molecular weight excluding hydrogens is 404 g/mol. The van der Waals surface area contributed by atoms with Crippen molar-refractivity contribution < 1.29 is 37.9 Å². The molecule has 0 unspecified atom stereocenters. The molecule has 1 aromatic rings. The third-order valence-electron chi connectivity index (χ3n) is 5.08. The lowest BCUT2D eigenvalue weighted by Crippen LogP contribution is -2.61. The second-order valence-corrected chi connectivity index (χ2v) is 7.87. The summed E-state index contributed by atoms with van der Waals surface area (Å²) in [5.74, 6) is 0.418. The molecule has 8 nitrogen and oxygen atoms in total. The van der Waals surface area contributed by atoms with Gasteiger partial charge in [0, 0.05) is 35.0 Å². The summed E-state index contributed by atoms with van der Waals surface area (Å²) < 4.78 is 46.4. The van der Waals surface area contributed by atoms with E-state index in [9.17, 15) is 0 Å². The van der Waals surface area contributed by atoms with Crippen LogP contribution < -0.4 is 0 Å². The van der Waals surface area contributed by atoms with Crippen LogP contribution in [0.1, 0.15) is 19.4 Å². The van der Waals surface area contributed by atoms with Crippen LogP contribution >= 0.6 is 0 Å². The lowest BCUT2D eigenvalue weighted by molar-refractivity contribution is -0.328. The van der Waals surface area contributed by atoms with Crippen LogP contribution in [0.2, 0.25) is 0 Å². The molecule has 0 bridgehead atoms. The van der Waals surface area contributed by atoms with Gasteiger partial charge in [0.15, 0.2) is 12.6 Å². The lowest BCUT2D eigenvalue weighted by atomic mass is 9.98. The number of methoxy groups -OCH3 is 4. The summed E-state index contributed by atoms with van der Waals surface area (Å²) >= 11 is 0. The van der Waals surface area contributed by atoms with E-state index in [1.165, 1.54) is 0 Å². The zero-order valence-electron chi connectivity index (χ0n) is 19.5. The first-order valence-corrected chi connectivity index (χ1v) is 10.7. The predicted octanol–water partition coefficient (Wildman–Crippen LogP) is 2.63. The zero-order valence-corrected chi connectivity index (χ0v) is 19.5. The third kappa shape index (κ3) is 8.07. The second-order valence-electron chi connectivity index (χ2n) is 7.87. The SMILES string of the molecule is COC(CO[C@@H]1O[C@H](COCC(C)C)[C@@H](OC)[C@H](OC)[C@@H]1OCc1ccccc1)OC. The van der Waals surface area contributed by atoms with Crippen molar-refractivity contribution in [1.29, 1.82) is 0 Å². The molecule has 1 aliphatic heterocycles. The van der Waals surface area contributed by atoms with E-state index in [1.807, 2.05) is 30.3 Å². The standard InChI is InChI=1S/C23H38O8/c1-16(2)12-28-14-18-20(26-5)21(27-6)22(29-13-17-10-8-7-9-11-17)23(31-18)30-15-19(24-3)25-4/h7-11,16,18-23H,12-15H2,1-6H3/t18-,20-,21+,22+,23-/m1/s1. The highest BCUT2D eigenvalue weighted by Gasteiger charge is 2.48. The van der Waals surface area contributed by atoms with E-state index < -0.39 is 24.8 Å². The highest BCUT2D eigenvalue weighted by atomic mass is 16.7. The molecule has 2 rings (SSSR count). The van der Waals surface area contributed by atoms with Crippen molar-refractivity contribution in [2.45, 2.75) is 57.5 Å². The van der Waals surface area contributed by atoms with Gasteiger partial charge in [0.05, 0.1) is 13.2 Å². The Labute approximate surface area is 186 Å². The van der Waals surface area contributed by atoms with Gasteiger partial charge < -0.3 is 37.9 Å². The summed E-state index contributed by atoms with van der Waals surface area (Å²) in [5, 5.41) is 0. The van der Waals surface area contributed by atoms with Gasteiger partial charge in [-0.25, -0.2) is 0 Å². The Bertz CT molecular complexity index is 580. The Balaban J connectivity index is 2.15. The minimum atomic E-state index is -0.708. The Morgan fingerprint density at radius 2 is 1.52 bits per heavy atom. The average molecular weight is 443 g/mol. The summed E-state index contributed by atoms with van der Waals surface area (Å²) in [4.78, 5) is 0. The van der Waals surface area contributed by atoms with E-state index in [1.54, 1.807) is 28.4 Å². The molecule has 5 atom stereocenters. The predicted molar refractivity (Wildman–Crippen MR) is 115 cm³/mol. The summed E-state index contributed by atoms with van der Waals surface area (Å²) in [6.07, 6.45) is -2.91. The second kappa shape index (κ2) is 14.1. The lowest BCUT2D eigenvalue weighted by Gasteiger charge is -2.45. The first kappa shape index (κ1) is 26.2. The average Bonchev–Trinajstić information content (AvgIpc) is 2.78. The van der Waals surface area contributed by atoms with Crippen LogP contribution in [0.4, 0.5) is 0 Å². The van der Waals surface area contributed by atoms with Gasteiger partial charge in [-0.1, -0.05) is 44.2 Å². The van der Waals surface area contributed by atoms with Crippen molar-refractivity contribution in [3.63, 3.8) is 0 Å². The highest BCUT2D eigenvalue weighted by molar-refractivity contribution is 5.13. The minimum absolute atomic E-state index is 0.177. The number of hydrogen-bond donors (Lipinski definition) is 0. The fraction of sp³-hybridized carbons (Fsp3) is 0.739. The molecule has 178 valence electrons. The van der Waals surface area contributed by atoms with Gasteiger partial charge in [-0.3, -0.25) is 0 Å². The van der Waals surface area contributed by atoms with Gasteiger partial charge in [-0.05, 0) is 11.5 Å². The topological polar surface area (TPSA) is 73.8 Å². The van der Waals surface area contributed by atoms with Crippen molar-refractivity contribution in [1.82, 2.24) is 0 Å². The van der Waals surface area contributed by atoms with E-state index in [4.69, 9.17) is 37.9 Å². The molecule has 0 aliphatic carbocycles. The van der Waals surface area contributed by atoms with Crippen LogP contribution in [0.15, 0.2) is 30.3 Å². The van der Waals surface area contributed by atoms with E-state index in [2.05, 4.69) is 13.8 Å². The Kier molecular flexibility index (Phi) is 11.9. The van der Waals surface area contributed by atoms with Crippen molar-refractivity contribution in [2.75, 3.05) is 48.3 Å². The molecule has 0 amide bonds. The molecule has 1 fully saturated rings. The molecule has 0 saturated carbocycles. The van der Waals surface area contributed by atoms with Crippen LogP contribution in [-0.4, -0.2) is 85.3 Å². The van der Waals surface area contributed by atoms with E-state index in [0.717, 1.165) is 5.56 Å². The number of benzene rings is 1. The molecule has 0 spiro atoms. The minimum Gasteiger partial charge on any atom is -0.378 e. The van der Waals surface area contributed by atoms with Gasteiger partial charge in [0.1, 0.15) is 31.0 Å². The Morgan fingerprint density at radius 1 is 0.839 bits per heavy atom. The molecule has 0 N–H and O–H groups in total. The van der Waals surface area contributed by atoms with E-state index >= 15 is 0 Å². The molecule has 31 heavy (non-hydrogen) atoms. The number of hydrogen-bond acceptors (Lipinski definition) is 8. The van der Waals surface area contributed by atoms with Crippen molar-refractivity contribution in [3.05, 3.63) is 35.9 Å². The summed E-state index contributed by atoms with van der Waals surface area (Å²) in [6, 6.07) is 9.92. The number of rotatable bonds is 14. The van der Waals surface area contributed by atoms with Gasteiger partial charge in [0.25, 0.3) is 0 Å². The van der Waals surface area contributed by atoms with Crippen molar-refractivity contribution in [3.8, 4) is 0 Å². The van der Waals surface area contributed by atoms with Crippen LogP contribution in [-0.2, 0) is 44.5 Å². The Morgan fingerprint density at radius 3 is 2.10 bits per heavy atom. The molecular formula is C23H38O8. The van der Waals surface area contributed by atoms with Crippen molar-refractivity contribution in [2.24, 2.45) is 5.92 Å². The quantitative estimate of drug-likeness (QED) is 0.407. The van der Waals surface area contributed by atoms with E-state index in [-0.39, 0.29) is 18.8 Å². The number of ether oxygens (including phenoxy) is 8. The van der Waals surface area contributed by atoms with Crippen molar-refractivity contribution >= 4 is 0 Å². The van der Waals surface area contributed by atoms with E-state index in [0.29, 0.717) is 25.7 Å². The highest BCUT2D eigenvalue weighted by Crippen LogP contribution is 2.29. The maximum Gasteiger partial charge on any atom is 0.187 e. The van der Waals surface area contributed by atoms with Crippen LogP contribution in [0.25, 0.3) is 0 Å². The van der Waals surface area contributed by atoms with Gasteiger partial charge in [-0.2, -0.15) is 0 Å². The molecule has 0 radical (unpaired) electrons. The van der Waals surface area contributed by atoms with Crippen LogP contribution in [0.3, 0.4) is 0 Å². The fourth-order valence-corrected chi connectivity index (χ4v) is 3.47. The van der Waals surface area contributed by atoms with Crippen LogP contribution in [0.5, 0.6) is 0 Å². The van der Waals surface area contributed by atoms with Gasteiger partial charge in [0.2, 0.25) is 0 Å². The monoisotopic (exact) mass is 442 g/mol. The van der Waals surface area contributed by atoms with Crippen LogP contribution in [0, 0.1) is 5.92 Å². The largest absolute Gasteiger partial charge is 0.378 e.